The molecule has 0 radical (unpaired) electrons. The summed E-state index contributed by atoms with van der Waals surface area (Å²) in [6.07, 6.45) is 1.11. The van der Waals surface area contributed by atoms with Gasteiger partial charge in [-0.3, -0.25) is 9.59 Å². The minimum atomic E-state index is -3.86. The monoisotopic (exact) mass is 522 g/mol. The molecule has 2 atom stereocenters. The van der Waals surface area contributed by atoms with E-state index < -0.39 is 33.9 Å². The molecule has 2 aromatic carbocycles. The van der Waals surface area contributed by atoms with Crippen LogP contribution in [0.5, 0.6) is 0 Å². The summed E-state index contributed by atoms with van der Waals surface area (Å²) in [6.45, 7) is 3.96. The van der Waals surface area contributed by atoms with Crippen molar-refractivity contribution in [3.8, 4) is 0 Å². The Morgan fingerprint density at radius 2 is 1.74 bits per heavy atom. The van der Waals surface area contributed by atoms with Gasteiger partial charge in [-0.1, -0.05) is 55.8 Å². The zero-order chi connectivity index (χ0) is 26.0. The molecular weight excluding hydrogens is 492 g/mol. The van der Waals surface area contributed by atoms with E-state index in [1.54, 1.807) is 13.8 Å². The summed E-state index contributed by atoms with van der Waals surface area (Å²) in [5, 5.41) is 5.29. The van der Waals surface area contributed by atoms with Gasteiger partial charge >= 0.3 is 0 Å². The molecule has 0 fully saturated rings. The summed E-state index contributed by atoms with van der Waals surface area (Å²) in [4.78, 5) is 36.1. The van der Waals surface area contributed by atoms with E-state index in [-0.39, 0.29) is 41.5 Å². The summed E-state index contributed by atoms with van der Waals surface area (Å²) in [5.74, 6) is -1.19. The molecule has 0 saturated carbocycles. The van der Waals surface area contributed by atoms with Crippen LogP contribution in [0, 0.1) is 0 Å². The lowest BCUT2D eigenvalue weighted by atomic mass is 10.0. The lowest BCUT2D eigenvalue weighted by molar-refractivity contribution is -0.128. The zero-order valence-corrected chi connectivity index (χ0v) is 21.3. The van der Waals surface area contributed by atoms with Crippen LogP contribution in [0.1, 0.15) is 32.3 Å². The highest BCUT2D eigenvalue weighted by Gasteiger charge is 2.27. The van der Waals surface area contributed by atoms with Crippen LogP contribution in [0.15, 0.2) is 53.4 Å². The SMILES string of the molecule is CCN(CC)S(=O)(=O)c1cc(NC(=O)C(CCc2ccccc2)NC(=O)C(N)CC=O)ccc1Cl. The number of benzene rings is 2. The molecule has 0 saturated heterocycles. The third-order valence-electron chi connectivity index (χ3n) is 5.41. The summed E-state index contributed by atoms with van der Waals surface area (Å²) >= 11 is 6.17. The first-order chi connectivity index (χ1) is 16.6. The van der Waals surface area contributed by atoms with Crippen LogP contribution in [0.3, 0.4) is 0 Å². The third kappa shape index (κ3) is 7.86. The molecule has 4 N–H and O–H groups in total. The van der Waals surface area contributed by atoms with Gasteiger partial charge in [-0.15, -0.1) is 0 Å². The van der Waals surface area contributed by atoms with Crippen molar-refractivity contribution < 1.29 is 22.8 Å². The van der Waals surface area contributed by atoms with E-state index in [1.807, 2.05) is 30.3 Å². The number of rotatable bonds is 13. The molecule has 35 heavy (non-hydrogen) atoms. The van der Waals surface area contributed by atoms with Crippen LogP contribution in [0.25, 0.3) is 0 Å². The van der Waals surface area contributed by atoms with Crippen LogP contribution in [0.4, 0.5) is 5.69 Å². The van der Waals surface area contributed by atoms with Crippen molar-refractivity contribution in [3.05, 3.63) is 59.1 Å². The quantitative estimate of drug-likeness (QED) is 0.345. The number of aldehydes is 1. The van der Waals surface area contributed by atoms with Gasteiger partial charge < -0.3 is 21.2 Å². The average Bonchev–Trinajstić information content (AvgIpc) is 2.84. The number of nitrogens with one attached hydrogen (secondary N) is 2. The number of carbonyl (C=O) groups excluding carboxylic acids is 3. The molecule has 0 aliphatic heterocycles. The predicted octanol–water partition coefficient (Wildman–Crippen LogP) is 2.34. The highest BCUT2D eigenvalue weighted by Crippen LogP contribution is 2.28. The zero-order valence-electron chi connectivity index (χ0n) is 19.7. The molecule has 2 unspecified atom stereocenters. The number of anilines is 1. The van der Waals surface area contributed by atoms with E-state index in [4.69, 9.17) is 17.3 Å². The van der Waals surface area contributed by atoms with E-state index >= 15 is 0 Å². The number of halogens is 1. The predicted molar refractivity (Wildman–Crippen MR) is 136 cm³/mol. The highest BCUT2D eigenvalue weighted by molar-refractivity contribution is 7.89. The minimum Gasteiger partial charge on any atom is -0.343 e. The smallest absolute Gasteiger partial charge is 0.246 e. The van der Waals surface area contributed by atoms with Crippen LogP contribution in [-0.4, -0.2) is 56.0 Å². The summed E-state index contributed by atoms with van der Waals surface area (Å²) in [5.41, 5.74) is 6.89. The molecule has 2 rings (SSSR count). The van der Waals surface area contributed by atoms with E-state index in [0.29, 0.717) is 12.7 Å². The molecule has 0 aromatic heterocycles. The van der Waals surface area contributed by atoms with Gasteiger partial charge in [-0.05, 0) is 36.6 Å². The lowest BCUT2D eigenvalue weighted by Crippen LogP contribution is -2.50. The van der Waals surface area contributed by atoms with Crippen molar-refractivity contribution in [2.45, 2.75) is 50.1 Å². The van der Waals surface area contributed by atoms with Gasteiger partial charge in [0.2, 0.25) is 21.8 Å². The van der Waals surface area contributed by atoms with Crippen molar-refractivity contribution in [1.29, 1.82) is 0 Å². The number of nitrogens with two attached hydrogens (primary N) is 1. The van der Waals surface area contributed by atoms with Gasteiger partial charge in [0.15, 0.2) is 0 Å². The molecule has 2 aromatic rings. The maximum Gasteiger partial charge on any atom is 0.246 e. The molecule has 0 spiro atoms. The van der Waals surface area contributed by atoms with Gasteiger partial charge in [0, 0.05) is 25.2 Å². The second kappa shape index (κ2) is 13.3. The topological polar surface area (TPSA) is 139 Å². The standard InChI is InChI=1S/C24H31ClN4O5S/c1-3-29(4-2)35(33,34)22-16-18(11-12-19(22)25)27-24(32)21(28-23(31)20(26)14-15-30)13-10-17-8-6-5-7-9-17/h5-9,11-12,15-16,20-21H,3-4,10,13-14,26H2,1-2H3,(H,27,32)(H,28,31). The third-order valence-corrected chi connectivity index (χ3v) is 7.94. The van der Waals surface area contributed by atoms with E-state index in [0.717, 1.165) is 5.56 Å². The van der Waals surface area contributed by atoms with Crippen molar-refractivity contribution in [3.63, 3.8) is 0 Å². The normalized spacial score (nSPS) is 13.2. The fraction of sp³-hybridized carbons (Fsp3) is 0.375. The van der Waals surface area contributed by atoms with Crippen molar-refractivity contribution in [2.24, 2.45) is 5.73 Å². The number of hydrogen-bond donors (Lipinski definition) is 3. The molecule has 11 heteroatoms. The molecular formula is C24H31ClN4O5S. The number of amides is 2. The van der Waals surface area contributed by atoms with Gasteiger partial charge in [0.25, 0.3) is 0 Å². The maximum absolute atomic E-state index is 13.1. The molecule has 0 aliphatic rings. The van der Waals surface area contributed by atoms with Crippen LogP contribution in [0.2, 0.25) is 5.02 Å². The van der Waals surface area contributed by atoms with E-state index in [9.17, 15) is 22.8 Å². The highest BCUT2D eigenvalue weighted by atomic mass is 35.5. The Morgan fingerprint density at radius 3 is 2.34 bits per heavy atom. The summed E-state index contributed by atoms with van der Waals surface area (Å²) in [7, 11) is -3.86. The van der Waals surface area contributed by atoms with Crippen LogP contribution >= 0.6 is 11.6 Å². The average molecular weight is 523 g/mol. The second-order valence-corrected chi connectivity index (χ2v) is 10.1. The maximum atomic E-state index is 13.1. The van der Waals surface area contributed by atoms with Crippen molar-refractivity contribution in [1.82, 2.24) is 9.62 Å². The molecule has 9 nitrogen and oxygen atoms in total. The Hall–Kier alpha value is -2.79. The molecule has 0 aliphatic carbocycles. The Labute approximate surface area is 211 Å². The Balaban J connectivity index is 2.27. The molecule has 2 amide bonds. The minimum absolute atomic E-state index is 0.0312. The van der Waals surface area contributed by atoms with Gasteiger partial charge in [0.05, 0.1) is 11.1 Å². The Bertz CT molecular complexity index is 1120. The first-order valence-electron chi connectivity index (χ1n) is 11.3. The Kier molecular flexibility index (Phi) is 10.8. The van der Waals surface area contributed by atoms with Gasteiger partial charge in [-0.2, -0.15) is 4.31 Å². The number of carbonyl (C=O) groups is 3. The largest absolute Gasteiger partial charge is 0.343 e. The van der Waals surface area contributed by atoms with Crippen molar-refractivity contribution in [2.75, 3.05) is 18.4 Å². The first kappa shape index (κ1) is 28.4. The van der Waals surface area contributed by atoms with Crippen LogP contribution < -0.4 is 16.4 Å². The fourth-order valence-corrected chi connectivity index (χ4v) is 5.38. The molecule has 190 valence electrons. The second-order valence-electron chi connectivity index (χ2n) is 7.82. The van der Waals surface area contributed by atoms with Gasteiger partial charge in [0.1, 0.15) is 17.2 Å². The Morgan fingerprint density at radius 1 is 1.09 bits per heavy atom. The fourth-order valence-electron chi connectivity index (χ4n) is 3.42. The first-order valence-corrected chi connectivity index (χ1v) is 13.1. The van der Waals surface area contributed by atoms with Crippen molar-refractivity contribution >= 4 is 45.4 Å². The van der Waals surface area contributed by atoms with E-state index in [2.05, 4.69) is 10.6 Å². The summed E-state index contributed by atoms with van der Waals surface area (Å²) in [6, 6.07) is 11.5. The summed E-state index contributed by atoms with van der Waals surface area (Å²) < 4.78 is 27.2. The number of nitrogens with zero attached hydrogens (tertiary/aromatic N) is 1. The van der Waals surface area contributed by atoms with Crippen LogP contribution in [-0.2, 0) is 30.8 Å². The molecule has 0 heterocycles. The number of hydrogen-bond acceptors (Lipinski definition) is 6. The van der Waals surface area contributed by atoms with Gasteiger partial charge in [-0.25, -0.2) is 8.42 Å². The number of aryl methyl sites for hydroxylation is 1. The van der Waals surface area contributed by atoms with E-state index in [1.165, 1.54) is 22.5 Å². The molecule has 0 bridgehead atoms. The lowest BCUT2D eigenvalue weighted by Gasteiger charge is -2.22. The number of sulfonamides is 1.